The predicted molar refractivity (Wildman–Crippen MR) is 62.8 cm³/mol. The average molecular weight is 280 g/mol. The first-order valence-electron chi connectivity index (χ1n) is 4.87. The van der Waals surface area contributed by atoms with Gasteiger partial charge in [-0.25, -0.2) is 21.2 Å². The number of sulfone groups is 2. The van der Waals surface area contributed by atoms with Crippen LogP contribution in [0.3, 0.4) is 0 Å². The summed E-state index contributed by atoms with van der Waals surface area (Å²) in [4.78, 5) is 0.00685. The van der Waals surface area contributed by atoms with Gasteiger partial charge in [-0.3, -0.25) is 0 Å². The quantitative estimate of drug-likeness (QED) is 0.756. The Bertz CT molecular complexity index is 573. The van der Waals surface area contributed by atoms with E-state index >= 15 is 0 Å². The van der Waals surface area contributed by atoms with E-state index in [-0.39, 0.29) is 22.8 Å². The van der Waals surface area contributed by atoms with Crippen LogP contribution in [-0.4, -0.2) is 34.6 Å². The number of rotatable bonds is 5. The van der Waals surface area contributed by atoms with E-state index in [0.717, 1.165) is 18.4 Å². The van der Waals surface area contributed by atoms with Gasteiger partial charge in [0, 0.05) is 6.26 Å². The molecule has 96 valence electrons. The first-order valence-corrected chi connectivity index (χ1v) is 8.58. The normalized spacial score (nSPS) is 12.6. The Labute approximate surface area is 100 Å². The van der Waals surface area contributed by atoms with Crippen molar-refractivity contribution in [3.8, 4) is 0 Å². The van der Waals surface area contributed by atoms with Gasteiger partial charge in [-0.05, 0) is 30.7 Å². The lowest BCUT2D eigenvalue weighted by Crippen LogP contribution is -2.12. The van der Waals surface area contributed by atoms with Gasteiger partial charge < -0.3 is 0 Å². The Kier molecular flexibility index (Phi) is 4.26. The average Bonchev–Trinajstić information content (AvgIpc) is 2.15. The summed E-state index contributed by atoms with van der Waals surface area (Å²) in [6.07, 6.45) is 1.09. The highest BCUT2D eigenvalue weighted by Crippen LogP contribution is 2.13. The van der Waals surface area contributed by atoms with Gasteiger partial charge in [-0.1, -0.05) is 0 Å². The largest absolute Gasteiger partial charge is 0.229 e. The zero-order chi connectivity index (χ0) is 13.1. The van der Waals surface area contributed by atoms with Crippen LogP contribution >= 0.6 is 0 Å². The number of benzene rings is 1. The molecule has 0 aliphatic rings. The maximum absolute atomic E-state index is 12.6. The Balaban J connectivity index is 2.73. The predicted octanol–water partition coefficient (Wildman–Crippen LogP) is 1.03. The molecule has 0 radical (unpaired) electrons. The molecule has 0 aliphatic carbocycles. The Hall–Kier alpha value is -0.950. The Morgan fingerprint density at radius 3 is 2.00 bits per heavy atom. The van der Waals surface area contributed by atoms with Crippen LogP contribution in [0.5, 0.6) is 0 Å². The molecule has 1 aromatic carbocycles. The molecule has 0 saturated carbocycles. The fourth-order valence-electron chi connectivity index (χ4n) is 1.27. The van der Waals surface area contributed by atoms with E-state index in [2.05, 4.69) is 0 Å². The van der Waals surface area contributed by atoms with Gasteiger partial charge in [-0.2, -0.15) is 0 Å². The van der Waals surface area contributed by atoms with E-state index in [1.807, 2.05) is 0 Å². The van der Waals surface area contributed by atoms with Gasteiger partial charge in [0.25, 0.3) is 0 Å². The summed E-state index contributed by atoms with van der Waals surface area (Å²) in [6, 6.07) is 4.46. The van der Waals surface area contributed by atoms with E-state index in [9.17, 15) is 21.2 Å². The fraction of sp³-hybridized carbons (Fsp3) is 0.400. The van der Waals surface area contributed by atoms with Crippen LogP contribution in [0.1, 0.15) is 6.42 Å². The molecule has 0 bridgehead atoms. The van der Waals surface area contributed by atoms with Crippen LogP contribution < -0.4 is 0 Å². The lowest BCUT2D eigenvalue weighted by Gasteiger charge is -2.03. The summed E-state index contributed by atoms with van der Waals surface area (Å²) >= 11 is 0. The van der Waals surface area contributed by atoms with Gasteiger partial charge in [0.15, 0.2) is 9.84 Å². The topological polar surface area (TPSA) is 68.3 Å². The van der Waals surface area contributed by atoms with Crippen molar-refractivity contribution in [3.05, 3.63) is 30.1 Å². The van der Waals surface area contributed by atoms with E-state index in [1.54, 1.807) is 0 Å². The molecule has 0 N–H and O–H groups in total. The van der Waals surface area contributed by atoms with Crippen LogP contribution in [0.25, 0.3) is 0 Å². The second-order valence-electron chi connectivity index (χ2n) is 3.76. The van der Waals surface area contributed by atoms with Crippen molar-refractivity contribution >= 4 is 19.7 Å². The monoisotopic (exact) mass is 280 g/mol. The molecular formula is C10H13FO4S2. The fourth-order valence-corrected chi connectivity index (χ4v) is 3.43. The van der Waals surface area contributed by atoms with Crippen LogP contribution in [0.15, 0.2) is 29.2 Å². The van der Waals surface area contributed by atoms with Crippen molar-refractivity contribution in [3.63, 3.8) is 0 Å². The van der Waals surface area contributed by atoms with Crippen LogP contribution in [0.2, 0.25) is 0 Å². The van der Waals surface area contributed by atoms with Crippen molar-refractivity contribution in [1.82, 2.24) is 0 Å². The zero-order valence-corrected chi connectivity index (χ0v) is 10.9. The van der Waals surface area contributed by atoms with Gasteiger partial charge >= 0.3 is 0 Å². The number of hydrogen-bond acceptors (Lipinski definition) is 4. The minimum absolute atomic E-state index is 0.00685. The van der Waals surface area contributed by atoms with Crippen molar-refractivity contribution in [2.24, 2.45) is 0 Å². The Morgan fingerprint density at radius 1 is 1.00 bits per heavy atom. The highest BCUT2D eigenvalue weighted by molar-refractivity contribution is 7.92. The molecule has 17 heavy (non-hydrogen) atoms. The Morgan fingerprint density at radius 2 is 1.53 bits per heavy atom. The van der Waals surface area contributed by atoms with Crippen molar-refractivity contribution < 1.29 is 21.2 Å². The molecule has 0 aliphatic heterocycles. The van der Waals surface area contributed by atoms with Crippen LogP contribution in [0.4, 0.5) is 4.39 Å². The summed E-state index contributed by atoms with van der Waals surface area (Å²) < 4.78 is 57.7. The molecule has 0 atom stereocenters. The minimum atomic E-state index is -3.53. The van der Waals surface area contributed by atoms with Crippen molar-refractivity contribution in [2.45, 2.75) is 11.3 Å². The second kappa shape index (κ2) is 5.14. The maximum atomic E-state index is 12.6. The van der Waals surface area contributed by atoms with E-state index in [0.29, 0.717) is 0 Å². The van der Waals surface area contributed by atoms with Gasteiger partial charge in [0.05, 0.1) is 16.4 Å². The standard InChI is InChI=1S/C10H13FO4S2/c1-16(12,13)7-2-8-17(14,15)10-5-3-9(11)4-6-10/h3-6H,2,7-8H2,1H3. The van der Waals surface area contributed by atoms with E-state index in [1.165, 1.54) is 12.1 Å². The third kappa shape index (κ3) is 4.82. The molecule has 0 amide bonds. The van der Waals surface area contributed by atoms with Crippen molar-refractivity contribution in [2.75, 3.05) is 17.8 Å². The molecule has 1 aromatic rings. The van der Waals surface area contributed by atoms with Gasteiger partial charge in [0.1, 0.15) is 15.7 Å². The van der Waals surface area contributed by atoms with Gasteiger partial charge in [0.2, 0.25) is 0 Å². The van der Waals surface area contributed by atoms with Gasteiger partial charge in [-0.15, -0.1) is 0 Å². The number of halogens is 1. The van der Waals surface area contributed by atoms with Crippen molar-refractivity contribution in [1.29, 1.82) is 0 Å². The molecule has 0 aromatic heterocycles. The first kappa shape index (κ1) is 14.1. The van der Waals surface area contributed by atoms with E-state index in [4.69, 9.17) is 0 Å². The number of hydrogen-bond donors (Lipinski definition) is 0. The smallest absolute Gasteiger partial charge is 0.178 e. The maximum Gasteiger partial charge on any atom is 0.178 e. The molecule has 7 heteroatoms. The second-order valence-corrected chi connectivity index (χ2v) is 8.13. The molecule has 0 spiro atoms. The molecule has 0 heterocycles. The third-order valence-electron chi connectivity index (χ3n) is 2.10. The summed E-state index contributed by atoms with van der Waals surface area (Å²) in [5, 5.41) is 0. The highest BCUT2D eigenvalue weighted by atomic mass is 32.2. The molecule has 0 unspecified atom stereocenters. The lowest BCUT2D eigenvalue weighted by molar-refractivity contribution is 0.591. The molecule has 4 nitrogen and oxygen atoms in total. The molecule has 0 fully saturated rings. The van der Waals surface area contributed by atoms with E-state index < -0.39 is 25.5 Å². The minimum Gasteiger partial charge on any atom is -0.229 e. The molecular weight excluding hydrogens is 267 g/mol. The summed E-state index contributed by atoms with van der Waals surface area (Å²) in [6.45, 7) is 0. The highest BCUT2D eigenvalue weighted by Gasteiger charge is 2.15. The zero-order valence-electron chi connectivity index (χ0n) is 9.26. The third-order valence-corrected chi connectivity index (χ3v) is 4.95. The summed E-state index contributed by atoms with van der Waals surface area (Å²) in [5.41, 5.74) is 0. The van der Waals surface area contributed by atoms with Crippen LogP contribution in [-0.2, 0) is 19.7 Å². The van der Waals surface area contributed by atoms with Crippen LogP contribution in [0, 0.1) is 5.82 Å². The first-order chi connectivity index (χ1) is 7.71. The molecule has 1 rings (SSSR count). The molecule has 0 saturated heterocycles. The lowest BCUT2D eigenvalue weighted by atomic mass is 10.4. The summed E-state index contributed by atoms with van der Waals surface area (Å²) in [7, 11) is -6.69. The SMILES string of the molecule is CS(=O)(=O)CCCS(=O)(=O)c1ccc(F)cc1. The summed E-state index contributed by atoms with van der Waals surface area (Å²) in [5.74, 6) is -0.945.